The number of morpholine rings is 1. The molecule has 0 radical (unpaired) electrons. The van der Waals surface area contributed by atoms with Crippen LogP contribution in [0, 0.1) is 0 Å². The monoisotopic (exact) mass is 344 g/mol. The predicted octanol–water partition coefficient (Wildman–Crippen LogP) is 2.35. The van der Waals surface area contributed by atoms with Gasteiger partial charge < -0.3 is 14.5 Å². The SMILES string of the molecule is O=C(c1ccsc1)N1CCO[C@@H](c2ccnc(N3CCCC3)n2)C1. The molecule has 1 amide bonds. The quantitative estimate of drug-likeness (QED) is 0.855. The number of aromatic nitrogens is 2. The summed E-state index contributed by atoms with van der Waals surface area (Å²) in [6, 6.07) is 3.76. The van der Waals surface area contributed by atoms with Crippen molar-refractivity contribution >= 4 is 23.2 Å². The zero-order valence-electron chi connectivity index (χ0n) is 13.4. The van der Waals surface area contributed by atoms with E-state index in [1.54, 1.807) is 17.5 Å². The first-order chi connectivity index (χ1) is 11.8. The van der Waals surface area contributed by atoms with Gasteiger partial charge in [0, 0.05) is 31.2 Å². The Morgan fingerprint density at radius 1 is 1.25 bits per heavy atom. The zero-order chi connectivity index (χ0) is 16.4. The Kier molecular flexibility index (Phi) is 4.44. The summed E-state index contributed by atoms with van der Waals surface area (Å²) in [5.74, 6) is 0.841. The van der Waals surface area contributed by atoms with Gasteiger partial charge in [-0.15, -0.1) is 0 Å². The molecule has 2 fully saturated rings. The van der Waals surface area contributed by atoms with Crippen molar-refractivity contribution in [2.45, 2.75) is 18.9 Å². The Bertz CT molecular complexity index is 700. The normalized spacial score (nSPS) is 21.2. The summed E-state index contributed by atoms with van der Waals surface area (Å²) < 4.78 is 5.88. The van der Waals surface area contributed by atoms with Gasteiger partial charge in [-0.3, -0.25) is 4.79 Å². The average molecular weight is 344 g/mol. The van der Waals surface area contributed by atoms with Gasteiger partial charge in [0.25, 0.3) is 5.91 Å². The number of nitrogens with zero attached hydrogens (tertiary/aromatic N) is 4. The van der Waals surface area contributed by atoms with Crippen molar-refractivity contribution in [3.8, 4) is 0 Å². The minimum Gasteiger partial charge on any atom is -0.368 e. The Morgan fingerprint density at radius 2 is 2.12 bits per heavy atom. The number of anilines is 1. The number of rotatable bonds is 3. The van der Waals surface area contributed by atoms with Gasteiger partial charge in [0.15, 0.2) is 0 Å². The van der Waals surface area contributed by atoms with Crippen LogP contribution < -0.4 is 4.90 Å². The van der Waals surface area contributed by atoms with E-state index in [2.05, 4.69) is 14.9 Å². The molecule has 0 aliphatic carbocycles. The zero-order valence-corrected chi connectivity index (χ0v) is 14.2. The lowest BCUT2D eigenvalue weighted by Gasteiger charge is -2.32. The molecule has 0 bridgehead atoms. The fourth-order valence-electron chi connectivity index (χ4n) is 3.19. The topological polar surface area (TPSA) is 58.6 Å². The number of carbonyl (C=O) groups is 1. The second kappa shape index (κ2) is 6.86. The molecule has 2 aromatic rings. The molecular weight excluding hydrogens is 324 g/mol. The molecule has 0 spiro atoms. The Balaban J connectivity index is 1.49. The highest BCUT2D eigenvalue weighted by atomic mass is 32.1. The lowest BCUT2D eigenvalue weighted by Crippen LogP contribution is -2.42. The summed E-state index contributed by atoms with van der Waals surface area (Å²) in [5, 5.41) is 3.82. The molecule has 1 atom stereocenters. The molecule has 0 aromatic carbocycles. The molecule has 6 nitrogen and oxygen atoms in total. The van der Waals surface area contributed by atoms with Crippen molar-refractivity contribution in [2.24, 2.45) is 0 Å². The van der Waals surface area contributed by atoms with Crippen LogP contribution in [0.4, 0.5) is 5.95 Å². The van der Waals surface area contributed by atoms with Gasteiger partial charge in [-0.25, -0.2) is 9.97 Å². The van der Waals surface area contributed by atoms with Crippen molar-refractivity contribution in [3.63, 3.8) is 0 Å². The van der Waals surface area contributed by atoms with Crippen molar-refractivity contribution in [2.75, 3.05) is 37.7 Å². The lowest BCUT2D eigenvalue weighted by molar-refractivity contribution is -0.0247. The summed E-state index contributed by atoms with van der Waals surface area (Å²) in [6.45, 7) is 3.71. The van der Waals surface area contributed by atoms with Crippen LogP contribution in [0.15, 0.2) is 29.1 Å². The summed E-state index contributed by atoms with van der Waals surface area (Å²) in [6.07, 6.45) is 3.98. The van der Waals surface area contributed by atoms with Gasteiger partial charge in [0.2, 0.25) is 5.95 Å². The molecule has 4 rings (SSSR count). The van der Waals surface area contributed by atoms with Crippen LogP contribution in [0.1, 0.15) is 35.0 Å². The van der Waals surface area contributed by atoms with Crippen LogP contribution in [0.25, 0.3) is 0 Å². The predicted molar refractivity (Wildman–Crippen MR) is 92.4 cm³/mol. The maximum Gasteiger partial charge on any atom is 0.254 e. The van der Waals surface area contributed by atoms with E-state index in [0.717, 1.165) is 30.3 Å². The number of hydrogen-bond donors (Lipinski definition) is 0. The molecule has 7 heteroatoms. The molecule has 2 aromatic heterocycles. The molecular formula is C17H20N4O2S. The van der Waals surface area contributed by atoms with Gasteiger partial charge in [0.1, 0.15) is 6.10 Å². The van der Waals surface area contributed by atoms with E-state index in [0.29, 0.717) is 19.7 Å². The highest BCUT2D eigenvalue weighted by Crippen LogP contribution is 2.24. The van der Waals surface area contributed by atoms with E-state index in [1.165, 1.54) is 12.8 Å². The molecule has 0 saturated carbocycles. The van der Waals surface area contributed by atoms with Gasteiger partial charge in [-0.2, -0.15) is 11.3 Å². The van der Waals surface area contributed by atoms with Crippen LogP contribution in [0.5, 0.6) is 0 Å². The first-order valence-electron chi connectivity index (χ1n) is 8.32. The Morgan fingerprint density at radius 3 is 2.92 bits per heavy atom. The van der Waals surface area contributed by atoms with E-state index < -0.39 is 0 Å². The average Bonchev–Trinajstić information content (AvgIpc) is 3.35. The van der Waals surface area contributed by atoms with E-state index in [9.17, 15) is 4.79 Å². The summed E-state index contributed by atoms with van der Waals surface area (Å²) >= 11 is 1.54. The minimum absolute atomic E-state index is 0.0679. The number of ether oxygens (including phenoxy) is 1. The highest BCUT2D eigenvalue weighted by molar-refractivity contribution is 7.08. The first-order valence-corrected chi connectivity index (χ1v) is 9.26. The van der Waals surface area contributed by atoms with Crippen LogP contribution in [0.3, 0.4) is 0 Å². The number of carbonyl (C=O) groups excluding carboxylic acids is 1. The lowest BCUT2D eigenvalue weighted by atomic mass is 10.2. The Hall–Kier alpha value is -1.99. The molecule has 126 valence electrons. The number of thiophene rings is 1. The third-order valence-corrected chi connectivity index (χ3v) is 5.19. The number of amides is 1. The Labute approximate surface area is 145 Å². The molecule has 2 aliphatic rings. The first kappa shape index (κ1) is 15.5. The second-order valence-corrected chi connectivity index (χ2v) is 6.88. The summed E-state index contributed by atoms with van der Waals surface area (Å²) in [7, 11) is 0. The third kappa shape index (κ3) is 3.14. The standard InChI is InChI=1S/C17H20N4O2S/c22-16(13-4-10-24-12-13)21-8-9-23-15(11-21)14-3-5-18-17(19-14)20-6-1-2-7-20/h3-5,10,12,15H,1-2,6-9,11H2/t15-/m1/s1. The van der Waals surface area contributed by atoms with E-state index in [4.69, 9.17) is 4.74 Å². The largest absolute Gasteiger partial charge is 0.368 e. The molecule has 4 heterocycles. The maximum absolute atomic E-state index is 12.5. The minimum atomic E-state index is -0.189. The molecule has 24 heavy (non-hydrogen) atoms. The van der Waals surface area contributed by atoms with Crippen LogP contribution >= 0.6 is 11.3 Å². The van der Waals surface area contributed by atoms with Gasteiger partial charge >= 0.3 is 0 Å². The summed E-state index contributed by atoms with van der Waals surface area (Å²) in [5.41, 5.74) is 1.61. The van der Waals surface area contributed by atoms with Crippen LogP contribution in [0.2, 0.25) is 0 Å². The fourth-order valence-corrected chi connectivity index (χ4v) is 3.82. The van der Waals surface area contributed by atoms with Crippen molar-refractivity contribution < 1.29 is 9.53 Å². The van der Waals surface area contributed by atoms with Crippen molar-refractivity contribution in [3.05, 3.63) is 40.3 Å². The maximum atomic E-state index is 12.5. The number of hydrogen-bond acceptors (Lipinski definition) is 6. The van der Waals surface area contributed by atoms with E-state index in [-0.39, 0.29) is 12.0 Å². The third-order valence-electron chi connectivity index (χ3n) is 4.50. The molecule has 0 unspecified atom stereocenters. The fraction of sp³-hybridized carbons (Fsp3) is 0.471. The molecule has 0 N–H and O–H groups in total. The second-order valence-electron chi connectivity index (χ2n) is 6.10. The van der Waals surface area contributed by atoms with Crippen LogP contribution in [-0.2, 0) is 4.74 Å². The highest BCUT2D eigenvalue weighted by Gasteiger charge is 2.28. The van der Waals surface area contributed by atoms with Gasteiger partial charge in [-0.05, 0) is 30.4 Å². The summed E-state index contributed by atoms with van der Waals surface area (Å²) in [4.78, 5) is 25.7. The molecule has 2 saturated heterocycles. The van der Waals surface area contributed by atoms with Crippen molar-refractivity contribution in [1.29, 1.82) is 0 Å². The van der Waals surface area contributed by atoms with Crippen molar-refractivity contribution in [1.82, 2.24) is 14.9 Å². The van der Waals surface area contributed by atoms with E-state index >= 15 is 0 Å². The van der Waals surface area contributed by atoms with E-state index in [1.807, 2.05) is 27.8 Å². The van der Waals surface area contributed by atoms with Crippen LogP contribution in [-0.4, -0.2) is 53.6 Å². The smallest absolute Gasteiger partial charge is 0.254 e. The van der Waals surface area contributed by atoms with Gasteiger partial charge in [0.05, 0.1) is 24.4 Å². The molecule has 2 aliphatic heterocycles. The van der Waals surface area contributed by atoms with Gasteiger partial charge in [-0.1, -0.05) is 0 Å².